The SMILES string of the molecule is CCn1cc(-c2nnc3n2CCOCC3)cn1. The summed E-state index contributed by atoms with van der Waals surface area (Å²) in [7, 11) is 0. The van der Waals surface area contributed by atoms with Gasteiger partial charge in [-0.1, -0.05) is 0 Å². The zero-order valence-corrected chi connectivity index (χ0v) is 9.83. The number of ether oxygens (including phenoxy) is 1. The van der Waals surface area contributed by atoms with Gasteiger partial charge < -0.3 is 9.30 Å². The third-order valence-corrected chi connectivity index (χ3v) is 2.97. The van der Waals surface area contributed by atoms with Gasteiger partial charge in [-0.15, -0.1) is 10.2 Å². The zero-order chi connectivity index (χ0) is 11.7. The van der Waals surface area contributed by atoms with Crippen LogP contribution in [0.5, 0.6) is 0 Å². The first-order valence-electron chi connectivity index (χ1n) is 5.91. The van der Waals surface area contributed by atoms with E-state index in [1.54, 1.807) is 0 Å². The molecule has 17 heavy (non-hydrogen) atoms. The van der Waals surface area contributed by atoms with E-state index >= 15 is 0 Å². The third kappa shape index (κ3) is 1.84. The lowest BCUT2D eigenvalue weighted by Crippen LogP contribution is -2.05. The number of nitrogens with zero attached hydrogens (tertiary/aromatic N) is 5. The lowest BCUT2D eigenvalue weighted by Gasteiger charge is -2.03. The van der Waals surface area contributed by atoms with Crippen molar-refractivity contribution >= 4 is 0 Å². The quantitative estimate of drug-likeness (QED) is 0.767. The molecule has 0 aromatic carbocycles. The largest absolute Gasteiger partial charge is 0.379 e. The van der Waals surface area contributed by atoms with Crippen molar-refractivity contribution in [1.82, 2.24) is 24.5 Å². The molecule has 0 spiro atoms. The number of aryl methyl sites for hydroxylation is 1. The fourth-order valence-electron chi connectivity index (χ4n) is 2.04. The van der Waals surface area contributed by atoms with Gasteiger partial charge in [0, 0.05) is 25.7 Å². The highest BCUT2D eigenvalue weighted by Crippen LogP contribution is 2.19. The summed E-state index contributed by atoms with van der Waals surface area (Å²) in [5, 5.41) is 12.8. The minimum absolute atomic E-state index is 0.722. The summed E-state index contributed by atoms with van der Waals surface area (Å²) in [6.07, 6.45) is 4.67. The van der Waals surface area contributed by atoms with Gasteiger partial charge in [0.25, 0.3) is 0 Å². The molecular weight excluding hydrogens is 218 g/mol. The van der Waals surface area contributed by atoms with E-state index in [9.17, 15) is 0 Å². The van der Waals surface area contributed by atoms with E-state index in [0.29, 0.717) is 0 Å². The van der Waals surface area contributed by atoms with Crippen LogP contribution < -0.4 is 0 Å². The first-order valence-corrected chi connectivity index (χ1v) is 5.91. The van der Waals surface area contributed by atoms with Gasteiger partial charge in [0.1, 0.15) is 5.82 Å². The van der Waals surface area contributed by atoms with Crippen molar-refractivity contribution in [3.05, 3.63) is 18.2 Å². The fraction of sp³-hybridized carbons (Fsp3) is 0.545. The Morgan fingerprint density at radius 1 is 1.35 bits per heavy atom. The topological polar surface area (TPSA) is 57.8 Å². The van der Waals surface area contributed by atoms with E-state index in [1.165, 1.54) is 0 Å². The molecular formula is C11H15N5O. The molecule has 3 heterocycles. The number of rotatable bonds is 2. The summed E-state index contributed by atoms with van der Waals surface area (Å²) in [6.45, 7) is 5.19. The van der Waals surface area contributed by atoms with Gasteiger partial charge in [0.05, 0.1) is 25.0 Å². The average Bonchev–Trinajstić information content (AvgIpc) is 2.90. The van der Waals surface area contributed by atoms with E-state index in [-0.39, 0.29) is 0 Å². The molecule has 1 aliphatic heterocycles. The minimum atomic E-state index is 0.722. The molecule has 0 saturated carbocycles. The normalized spacial score (nSPS) is 15.6. The van der Waals surface area contributed by atoms with Crippen LogP contribution in [0.4, 0.5) is 0 Å². The van der Waals surface area contributed by atoms with Crippen LogP contribution in [-0.2, 0) is 24.2 Å². The van der Waals surface area contributed by atoms with Crippen LogP contribution in [0.1, 0.15) is 12.7 Å². The highest BCUT2D eigenvalue weighted by atomic mass is 16.5. The molecule has 90 valence electrons. The van der Waals surface area contributed by atoms with Crippen LogP contribution >= 0.6 is 0 Å². The second kappa shape index (κ2) is 4.29. The van der Waals surface area contributed by atoms with Crippen molar-refractivity contribution in [2.75, 3.05) is 13.2 Å². The van der Waals surface area contributed by atoms with Gasteiger partial charge in [-0.2, -0.15) is 5.10 Å². The molecule has 0 saturated heterocycles. The highest BCUT2D eigenvalue weighted by molar-refractivity contribution is 5.52. The van der Waals surface area contributed by atoms with Crippen LogP contribution in [0.25, 0.3) is 11.4 Å². The lowest BCUT2D eigenvalue weighted by molar-refractivity contribution is 0.140. The predicted molar refractivity (Wildman–Crippen MR) is 61.4 cm³/mol. The van der Waals surface area contributed by atoms with Crippen molar-refractivity contribution in [3.63, 3.8) is 0 Å². The molecule has 0 N–H and O–H groups in total. The Kier molecular flexibility index (Phi) is 2.64. The second-order valence-corrected chi connectivity index (χ2v) is 4.04. The molecule has 6 heteroatoms. The van der Waals surface area contributed by atoms with E-state index in [1.807, 2.05) is 17.1 Å². The Morgan fingerprint density at radius 3 is 3.12 bits per heavy atom. The highest BCUT2D eigenvalue weighted by Gasteiger charge is 2.16. The van der Waals surface area contributed by atoms with Gasteiger partial charge >= 0.3 is 0 Å². The summed E-state index contributed by atoms with van der Waals surface area (Å²) in [5.74, 6) is 1.90. The first-order chi connectivity index (χ1) is 8.38. The molecule has 3 rings (SSSR count). The van der Waals surface area contributed by atoms with Crippen molar-refractivity contribution in [3.8, 4) is 11.4 Å². The van der Waals surface area contributed by atoms with Crippen LogP contribution in [-0.4, -0.2) is 37.8 Å². The van der Waals surface area contributed by atoms with Crippen LogP contribution in [0.15, 0.2) is 12.4 Å². The van der Waals surface area contributed by atoms with Crippen molar-refractivity contribution < 1.29 is 4.74 Å². The molecule has 1 aliphatic rings. The second-order valence-electron chi connectivity index (χ2n) is 4.04. The van der Waals surface area contributed by atoms with E-state index in [0.717, 1.165) is 49.9 Å². The lowest BCUT2D eigenvalue weighted by atomic mass is 10.3. The molecule has 0 fully saturated rings. The Labute approximate surface area is 99.2 Å². The van der Waals surface area contributed by atoms with Crippen molar-refractivity contribution in [2.45, 2.75) is 26.4 Å². The van der Waals surface area contributed by atoms with Crippen molar-refractivity contribution in [2.24, 2.45) is 0 Å². The third-order valence-electron chi connectivity index (χ3n) is 2.97. The Bertz CT molecular complexity index is 516. The van der Waals surface area contributed by atoms with E-state index in [4.69, 9.17) is 4.74 Å². The van der Waals surface area contributed by atoms with E-state index in [2.05, 4.69) is 26.8 Å². The van der Waals surface area contributed by atoms with Gasteiger partial charge in [-0.3, -0.25) is 4.68 Å². The van der Waals surface area contributed by atoms with Crippen LogP contribution in [0, 0.1) is 0 Å². The average molecular weight is 233 g/mol. The molecule has 0 aliphatic carbocycles. The number of hydrogen-bond acceptors (Lipinski definition) is 4. The molecule has 2 aromatic heterocycles. The smallest absolute Gasteiger partial charge is 0.167 e. The van der Waals surface area contributed by atoms with Gasteiger partial charge in [0.2, 0.25) is 0 Å². The molecule has 0 bridgehead atoms. The van der Waals surface area contributed by atoms with Gasteiger partial charge in [0.15, 0.2) is 5.82 Å². The fourth-order valence-corrected chi connectivity index (χ4v) is 2.04. The predicted octanol–water partition coefficient (Wildman–Crippen LogP) is 0.734. The molecule has 0 unspecified atom stereocenters. The van der Waals surface area contributed by atoms with Gasteiger partial charge in [-0.25, -0.2) is 0 Å². The maximum absolute atomic E-state index is 5.44. The summed E-state index contributed by atoms with van der Waals surface area (Å²) < 4.78 is 9.47. The monoisotopic (exact) mass is 233 g/mol. The van der Waals surface area contributed by atoms with Gasteiger partial charge in [-0.05, 0) is 6.92 Å². The Balaban J connectivity index is 2.00. The number of hydrogen-bond donors (Lipinski definition) is 0. The Hall–Kier alpha value is -1.69. The number of aromatic nitrogens is 5. The van der Waals surface area contributed by atoms with Crippen molar-refractivity contribution in [1.29, 1.82) is 0 Å². The Morgan fingerprint density at radius 2 is 2.29 bits per heavy atom. The number of fused-ring (bicyclic) bond motifs is 1. The maximum Gasteiger partial charge on any atom is 0.167 e. The minimum Gasteiger partial charge on any atom is -0.379 e. The standard InChI is InChI=1S/C11H15N5O/c1-2-15-8-9(7-12-15)11-14-13-10-3-5-17-6-4-16(10)11/h7-8H,2-6H2,1H3. The maximum atomic E-state index is 5.44. The summed E-state index contributed by atoms with van der Waals surface area (Å²) in [4.78, 5) is 0. The summed E-state index contributed by atoms with van der Waals surface area (Å²) in [5.41, 5.74) is 1.02. The molecule has 2 aromatic rings. The molecule has 6 nitrogen and oxygen atoms in total. The molecule has 0 amide bonds. The van der Waals surface area contributed by atoms with E-state index < -0.39 is 0 Å². The molecule has 0 radical (unpaired) electrons. The first kappa shape index (κ1) is 10.5. The zero-order valence-electron chi connectivity index (χ0n) is 9.83. The summed E-state index contributed by atoms with van der Waals surface area (Å²) in [6, 6.07) is 0. The molecule has 0 atom stereocenters. The van der Waals surface area contributed by atoms with Crippen LogP contribution in [0.2, 0.25) is 0 Å². The van der Waals surface area contributed by atoms with Crippen LogP contribution in [0.3, 0.4) is 0 Å². The summed E-state index contributed by atoms with van der Waals surface area (Å²) >= 11 is 0.